The summed E-state index contributed by atoms with van der Waals surface area (Å²) < 4.78 is 13.4. The summed E-state index contributed by atoms with van der Waals surface area (Å²) >= 11 is 0. The summed E-state index contributed by atoms with van der Waals surface area (Å²) in [7, 11) is -2.22. The summed E-state index contributed by atoms with van der Waals surface area (Å²) in [6, 6.07) is 18.5. The number of hydrogen-bond donors (Lipinski definition) is 0. The molecule has 236 valence electrons. The minimum Gasteiger partial charge on any atom is -0.373 e. The Bertz CT molecular complexity index is 1180. The molecule has 0 bridgehead atoms. The lowest BCUT2D eigenvalue weighted by atomic mass is 9.90. The average molecular weight is 601 g/mol. The Hall–Kier alpha value is -1.94. The predicted octanol–water partition coefficient (Wildman–Crippen LogP) is 11.2. The molecule has 0 radical (unpaired) electrons. The highest BCUT2D eigenvalue weighted by Gasteiger charge is 2.60. The fraction of sp³-hybridized carbons (Fsp3) is 0.600. The van der Waals surface area contributed by atoms with Crippen molar-refractivity contribution in [1.82, 2.24) is 0 Å². The van der Waals surface area contributed by atoms with Gasteiger partial charge in [-0.1, -0.05) is 113 Å². The fourth-order valence-electron chi connectivity index (χ4n) is 8.24. The number of ether oxygens (including phenoxy) is 2. The molecular weight excluding hydrogens is 541 g/mol. The van der Waals surface area contributed by atoms with Crippen LogP contribution in [0.15, 0.2) is 60.7 Å². The zero-order valence-electron chi connectivity index (χ0n) is 29.1. The summed E-state index contributed by atoms with van der Waals surface area (Å²) in [6.45, 7) is 23.2. The lowest BCUT2D eigenvalue weighted by Gasteiger charge is -2.54. The Morgan fingerprint density at radius 1 is 0.605 bits per heavy atom. The first kappa shape index (κ1) is 33.9. The lowest BCUT2D eigenvalue weighted by molar-refractivity contribution is -0.0677. The van der Waals surface area contributed by atoms with E-state index in [4.69, 9.17) is 9.47 Å². The smallest absolute Gasteiger partial charge is 0.0791 e. The van der Waals surface area contributed by atoms with Gasteiger partial charge in [-0.3, -0.25) is 0 Å². The maximum Gasteiger partial charge on any atom is 0.0791 e. The summed E-state index contributed by atoms with van der Waals surface area (Å²) in [4.78, 5) is 0. The van der Waals surface area contributed by atoms with Crippen LogP contribution in [0.4, 0.5) is 0 Å². The third-order valence-corrected chi connectivity index (χ3v) is 16.0. The minimum absolute atomic E-state index is 0.00373. The van der Waals surface area contributed by atoms with Gasteiger partial charge in [-0.05, 0) is 102 Å². The largest absolute Gasteiger partial charge is 0.373 e. The first-order valence-corrected chi connectivity index (χ1v) is 20.1. The molecule has 0 fully saturated rings. The van der Waals surface area contributed by atoms with E-state index in [2.05, 4.69) is 141 Å². The molecule has 43 heavy (non-hydrogen) atoms. The molecule has 2 aromatic carbocycles. The van der Waals surface area contributed by atoms with E-state index in [0.29, 0.717) is 0 Å². The number of benzene rings is 2. The van der Waals surface area contributed by atoms with Gasteiger partial charge in [0.2, 0.25) is 0 Å². The predicted molar refractivity (Wildman–Crippen MR) is 189 cm³/mol. The average Bonchev–Trinajstić information content (AvgIpc) is 3.50. The van der Waals surface area contributed by atoms with Gasteiger partial charge in [0.05, 0.1) is 31.5 Å². The van der Waals surface area contributed by atoms with Crippen LogP contribution < -0.4 is 0 Å². The molecule has 2 aliphatic rings. The number of rotatable bonds is 14. The monoisotopic (exact) mass is 600 g/mol. The highest BCUT2D eigenvalue weighted by atomic mass is 28.3. The molecule has 0 heterocycles. The Kier molecular flexibility index (Phi) is 10.4. The third-order valence-electron chi connectivity index (χ3n) is 10.2. The molecule has 0 saturated heterocycles. The topological polar surface area (TPSA) is 18.5 Å². The van der Waals surface area contributed by atoms with Crippen molar-refractivity contribution in [3.05, 3.63) is 82.9 Å². The quantitative estimate of drug-likeness (QED) is 0.201. The van der Waals surface area contributed by atoms with Crippen LogP contribution in [-0.2, 0) is 19.6 Å². The van der Waals surface area contributed by atoms with E-state index in [0.717, 1.165) is 51.4 Å². The lowest BCUT2D eigenvalue weighted by Crippen LogP contribution is -2.63. The molecule has 0 aliphatic heterocycles. The summed E-state index contributed by atoms with van der Waals surface area (Å²) in [5.41, 5.74) is 5.59. The van der Waals surface area contributed by atoms with E-state index < -0.39 is 8.07 Å². The van der Waals surface area contributed by atoms with Crippen molar-refractivity contribution < 1.29 is 9.47 Å². The molecule has 0 spiro atoms. The Balaban J connectivity index is 1.82. The molecule has 0 aromatic heterocycles. The van der Waals surface area contributed by atoms with E-state index >= 15 is 0 Å². The number of hydrogen-bond acceptors (Lipinski definition) is 2. The van der Waals surface area contributed by atoms with Crippen molar-refractivity contribution in [3.63, 3.8) is 0 Å². The van der Waals surface area contributed by atoms with Gasteiger partial charge in [0, 0.05) is 10.1 Å². The highest BCUT2D eigenvalue weighted by molar-refractivity contribution is 6.84. The second-order valence-corrected chi connectivity index (χ2v) is 20.8. The van der Waals surface area contributed by atoms with Crippen LogP contribution in [0.3, 0.4) is 0 Å². The van der Waals surface area contributed by atoms with Crippen LogP contribution in [0.5, 0.6) is 0 Å². The van der Waals surface area contributed by atoms with Gasteiger partial charge < -0.3 is 9.47 Å². The van der Waals surface area contributed by atoms with E-state index in [-0.39, 0.29) is 33.5 Å². The highest BCUT2D eigenvalue weighted by Crippen LogP contribution is 2.58. The molecule has 0 saturated carbocycles. The molecule has 2 aromatic rings. The second-order valence-electron chi connectivity index (χ2n) is 15.8. The van der Waals surface area contributed by atoms with E-state index in [1.165, 1.54) is 22.3 Å². The second kappa shape index (κ2) is 13.2. The van der Waals surface area contributed by atoms with Crippen LogP contribution in [0.25, 0.3) is 12.2 Å². The van der Waals surface area contributed by atoms with E-state index in [1.54, 1.807) is 0 Å². The zero-order chi connectivity index (χ0) is 31.5. The van der Waals surface area contributed by atoms with Gasteiger partial charge in [-0.25, -0.2) is 0 Å². The number of allylic oxidation sites excluding steroid dienone is 2. The van der Waals surface area contributed by atoms with Crippen molar-refractivity contribution in [3.8, 4) is 0 Å². The Morgan fingerprint density at radius 2 is 0.977 bits per heavy atom. The third kappa shape index (κ3) is 7.15. The van der Waals surface area contributed by atoms with Gasteiger partial charge in [0.1, 0.15) is 0 Å². The van der Waals surface area contributed by atoms with Gasteiger partial charge in [-0.2, -0.15) is 0 Å². The minimum atomic E-state index is -2.22. The van der Waals surface area contributed by atoms with Crippen LogP contribution in [-0.4, -0.2) is 31.5 Å². The summed E-state index contributed by atoms with van der Waals surface area (Å²) in [6.07, 6.45) is 19.6. The molecule has 4 unspecified atom stereocenters. The van der Waals surface area contributed by atoms with E-state index in [9.17, 15) is 0 Å². The van der Waals surface area contributed by atoms with Crippen molar-refractivity contribution in [1.29, 1.82) is 0 Å². The number of fused-ring (bicyclic) bond motifs is 2. The summed E-state index contributed by atoms with van der Waals surface area (Å²) in [5.74, 6) is 0. The molecule has 0 N–H and O–H groups in total. The fourth-order valence-corrected chi connectivity index (χ4v) is 13.4. The van der Waals surface area contributed by atoms with Crippen molar-refractivity contribution >= 4 is 20.2 Å². The van der Waals surface area contributed by atoms with Crippen LogP contribution in [0, 0.1) is 0 Å². The SMILES string of the molecule is CCCC(CCC1([Si](C)(C)C2(CCC(CCC)OC(C)(C)C)C=Cc3ccccc32)C=Cc2ccccc21)OC(C)(C)C. The Morgan fingerprint density at radius 3 is 1.33 bits per heavy atom. The van der Waals surface area contributed by atoms with Gasteiger partial charge >= 0.3 is 0 Å². The van der Waals surface area contributed by atoms with Crippen LogP contribution >= 0.6 is 0 Å². The normalized spacial score (nSPS) is 22.9. The van der Waals surface area contributed by atoms with Crippen molar-refractivity contribution in [2.24, 2.45) is 0 Å². The molecule has 2 aliphatic carbocycles. The molecule has 3 heteroatoms. The van der Waals surface area contributed by atoms with Gasteiger partial charge in [0.25, 0.3) is 0 Å². The molecule has 2 nitrogen and oxygen atoms in total. The molecule has 0 amide bonds. The molecule has 4 atom stereocenters. The maximum atomic E-state index is 6.70. The van der Waals surface area contributed by atoms with Crippen LogP contribution in [0.1, 0.15) is 129 Å². The molecule has 4 rings (SSSR count). The maximum absolute atomic E-state index is 6.70. The van der Waals surface area contributed by atoms with Gasteiger partial charge in [0.15, 0.2) is 0 Å². The van der Waals surface area contributed by atoms with E-state index in [1.807, 2.05) is 0 Å². The van der Waals surface area contributed by atoms with Crippen molar-refractivity contribution in [2.45, 2.75) is 153 Å². The zero-order valence-corrected chi connectivity index (χ0v) is 30.1. The van der Waals surface area contributed by atoms with Crippen LogP contribution in [0.2, 0.25) is 13.1 Å². The first-order valence-electron chi connectivity index (χ1n) is 17.1. The standard InChI is InChI=1S/C40H60O2Si/c1-11-17-33(41-37(3,4)5)25-29-39(27-23-31-19-13-15-21-35(31)39)43(9,10)40(28-24-32-20-14-16-22-36(32)40)30-26-34(18-12-2)42-38(6,7)8/h13-16,19-24,27-28,33-34H,11-12,17-18,25-26,29-30H2,1-10H3. The van der Waals surface area contributed by atoms with Crippen molar-refractivity contribution in [2.75, 3.05) is 0 Å². The first-order chi connectivity index (χ1) is 20.2. The Labute approximate surface area is 265 Å². The van der Waals surface area contributed by atoms with Gasteiger partial charge in [-0.15, -0.1) is 0 Å². The summed E-state index contributed by atoms with van der Waals surface area (Å²) in [5, 5.41) is 0.00746. The molecular formula is C40H60O2Si.